The van der Waals surface area contributed by atoms with E-state index in [0.717, 1.165) is 23.8 Å². The molecule has 0 spiro atoms. The molecule has 0 radical (unpaired) electrons. The number of nitro benzene ring substituents is 2. The zero-order valence-electron chi connectivity index (χ0n) is 12.9. The van der Waals surface area contributed by atoms with Crippen molar-refractivity contribution < 1.29 is 22.4 Å². The predicted molar refractivity (Wildman–Crippen MR) is 87.1 cm³/mol. The van der Waals surface area contributed by atoms with E-state index in [-0.39, 0.29) is 4.90 Å². The summed E-state index contributed by atoms with van der Waals surface area (Å²) in [6, 6.07) is 8.57. The SMILES string of the molecule is Cc1ccc(S(=O)(=O)Oc2cccc([N+](=O)[O-])c2[N+](=O)[O-])cc1.NN. The fourth-order valence-electron chi connectivity index (χ4n) is 1.78. The highest BCUT2D eigenvalue weighted by molar-refractivity contribution is 7.87. The zero-order valence-corrected chi connectivity index (χ0v) is 13.7. The van der Waals surface area contributed by atoms with Crippen LogP contribution >= 0.6 is 0 Å². The molecular weight excluding hydrogens is 356 g/mol. The number of rotatable bonds is 5. The number of hydrazine groups is 1. The molecule has 0 fully saturated rings. The summed E-state index contributed by atoms with van der Waals surface area (Å²) in [5.41, 5.74) is -1.06. The Hall–Kier alpha value is -3.09. The number of nitro groups is 2. The van der Waals surface area contributed by atoms with Crippen LogP contribution in [0.2, 0.25) is 0 Å². The third-order valence-electron chi connectivity index (χ3n) is 2.87. The molecule has 4 N–H and O–H groups in total. The van der Waals surface area contributed by atoms with Crippen LogP contribution in [0, 0.1) is 27.2 Å². The summed E-state index contributed by atoms with van der Waals surface area (Å²) in [5.74, 6) is 7.28. The second-order valence-corrected chi connectivity index (χ2v) is 6.03. The lowest BCUT2D eigenvalue weighted by atomic mass is 10.2. The number of hydrogen-bond acceptors (Lipinski definition) is 9. The summed E-state index contributed by atoms with van der Waals surface area (Å²) in [7, 11) is -4.36. The maximum absolute atomic E-state index is 12.2. The van der Waals surface area contributed by atoms with Crippen molar-refractivity contribution in [3.63, 3.8) is 0 Å². The molecule has 0 aliphatic carbocycles. The Morgan fingerprint density at radius 2 is 1.52 bits per heavy atom. The van der Waals surface area contributed by atoms with Crippen molar-refractivity contribution >= 4 is 21.5 Å². The van der Waals surface area contributed by atoms with Gasteiger partial charge in [0.25, 0.3) is 0 Å². The summed E-state index contributed by atoms with van der Waals surface area (Å²) >= 11 is 0. The van der Waals surface area contributed by atoms with E-state index >= 15 is 0 Å². The van der Waals surface area contributed by atoms with E-state index in [4.69, 9.17) is 4.18 Å². The van der Waals surface area contributed by atoms with Gasteiger partial charge in [-0.2, -0.15) is 8.42 Å². The smallest absolute Gasteiger partial charge is 0.371 e. The van der Waals surface area contributed by atoms with Gasteiger partial charge in [0.15, 0.2) is 0 Å². The summed E-state index contributed by atoms with van der Waals surface area (Å²) in [6.07, 6.45) is 0. The van der Waals surface area contributed by atoms with Gasteiger partial charge in [-0.3, -0.25) is 31.9 Å². The fourth-order valence-corrected chi connectivity index (χ4v) is 2.72. The molecule has 0 atom stereocenters. The van der Waals surface area contributed by atoms with Crippen LogP contribution in [-0.4, -0.2) is 18.3 Å². The highest BCUT2D eigenvalue weighted by atomic mass is 32.2. The van der Waals surface area contributed by atoms with Gasteiger partial charge in [-0.05, 0) is 25.1 Å². The van der Waals surface area contributed by atoms with Gasteiger partial charge in [-0.1, -0.05) is 23.8 Å². The summed E-state index contributed by atoms with van der Waals surface area (Å²) in [4.78, 5) is 19.6. The van der Waals surface area contributed by atoms with E-state index in [0.29, 0.717) is 0 Å². The molecule has 2 aromatic rings. The standard InChI is InChI=1S/C13H10N2O7S.H4N2/c1-9-5-7-10(8-6-9)23(20,21)22-12-4-2-3-11(14(16)17)13(12)15(18)19;1-2/h2-8H,1H3;1-2H2. The van der Waals surface area contributed by atoms with Gasteiger partial charge in [0.05, 0.1) is 9.85 Å². The first kappa shape index (κ1) is 20.0. The van der Waals surface area contributed by atoms with Crippen LogP contribution in [0.4, 0.5) is 11.4 Å². The second-order valence-electron chi connectivity index (χ2n) is 4.49. The first-order valence-electron chi connectivity index (χ1n) is 6.48. The van der Waals surface area contributed by atoms with Crippen LogP contribution in [0.5, 0.6) is 5.75 Å². The topological polar surface area (TPSA) is 182 Å². The lowest BCUT2D eigenvalue weighted by Crippen LogP contribution is -2.11. The Kier molecular flexibility index (Phi) is 6.50. The molecule has 0 aromatic heterocycles. The molecule has 0 bridgehead atoms. The molecule has 0 amide bonds. The minimum Gasteiger partial charge on any atom is -0.371 e. The van der Waals surface area contributed by atoms with Crippen LogP contribution < -0.4 is 15.9 Å². The highest BCUT2D eigenvalue weighted by Gasteiger charge is 2.32. The number of para-hydroxylation sites is 1. The summed E-state index contributed by atoms with van der Waals surface area (Å²) in [6.45, 7) is 1.75. The maximum atomic E-state index is 12.2. The van der Waals surface area contributed by atoms with Crippen LogP contribution in [0.1, 0.15) is 5.56 Å². The van der Waals surface area contributed by atoms with Crippen LogP contribution in [0.25, 0.3) is 0 Å². The molecule has 0 saturated heterocycles. The van der Waals surface area contributed by atoms with Gasteiger partial charge in [-0.15, -0.1) is 0 Å². The van der Waals surface area contributed by atoms with E-state index in [2.05, 4.69) is 11.7 Å². The van der Waals surface area contributed by atoms with E-state index in [1.807, 2.05) is 0 Å². The van der Waals surface area contributed by atoms with Crippen LogP contribution in [-0.2, 0) is 10.1 Å². The first-order valence-corrected chi connectivity index (χ1v) is 7.89. The molecule has 12 heteroatoms. The van der Waals surface area contributed by atoms with Gasteiger partial charge >= 0.3 is 21.5 Å². The number of nitrogens with two attached hydrogens (primary N) is 2. The van der Waals surface area contributed by atoms with E-state index in [9.17, 15) is 28.6 Å². The maximum Gasteiger partial charge on any atom is 0.389 e. The van der Waals surface area contributed by atoms with Crippen molar-refractivity contribution in [2.24, 2.45) is 11.7 Å². The van der Waals surface area contributed by atoms with E-state index < -0.39 is 37.1 Å². The third-order valence-corrected chi connectivity index (χ3v) is 4.11. The Morgan fingerprint density at radius 1 is 0.960 bits per heavy atom. The van der Waals surface area contributed by atoms with Crippen molar-refractivity contribution in [1.29, 1.82) is 0 Å². The monoisotopic (exact) mass is 370 g/mol. The first-order chi connectivity index (χ1) is 11.7. The lowest BCUT2D eigenvalue weighted by Gasteiger charge is -2.07. The van der Waals surface area contributed by atoms with Crippen molar-refractivity contribution in [3.05, 3.63) is 68.3 Å². The van der Waals surface area contributed by atoms with Gasteiger partial charge in [-0.25, -0.2) is 0 Å². The number of hydrogen-bond donors (Lipinski definition) is 2. The Labute approximate surface area is 142 Å². The minimum atomic E-state index is -4.36. The summed E-state index contributed by atoms with van der Waals surface area (Å²) in [5, 5.41) is 21.9. The molecule has 0 heterocycles. The zero-order chi connectivity index (χ0) is 19.2. The Bertz CT molecular complexity index is 882. The van der Waals surface area contributed by atoms with Crippen LogP contribution in [0.15, 0.2) is 47.4 Å². The molecule has 0 unspecified atom stereocenters. The van der Waals surface area contributed by atoms with Gasteiger partial charge in [0.1, 0.15) is 4.90 Å². The molecule has 11 nitrogen and oxygen atoms in total. The minimum absolute atomic E-state index is 0.219. The van der Waals surface area contributed by atoms with Crippen molar-refractivity contribution in [1.82, 2.24) is 0 Å². The van der Waals surface area contributed by atoms with Gasteiger partial charge in [0, 0.05) is 6.07 Å². The predicted octanol–water partition coefficient (Wildman–Crippen LogP) is 1.40. The molecule has 25 heavy (non-hydrogen) atoms. The molecule has 2 rings (SSSR count). The highest BCUT2D eigenvalue weighted by Crippen LogP contribution is 2.37. The largest absolute Gasteiger partial charge is 0.389 e. The average Bonchev–Trinajstić information content (AvgIpc) is 2.56. The number of nitrogens with zero attached hydrogens (tertiary/aromatic N) is 2. The third kappa shape index (κ3) is 4.69. The normalized spacial score (nSPS) is 10.4. The molecule has 0 aliphatic heterocycles. The average molecular weight is 370 g/mol. The van der Waals surface area contributed by atoms with Crippen LogP contribution in [0.3, 0.4) is 0 Å². The van der Waals surface area contributed by atoms with Crippen molar-refractivity contribution in [2.45, 2.75) is 11.8 Å². The number of benzene rings is 2. The quantitative estimate of drug-likeness (QED) is 0.340. The van der Waals surface area contributed by atoms with E-state index in [1.54, 1.807) is 6.92 Å². The molecule has 2 aromatic carbocycles. The summed E-state index contributed by atoms with van der Waals surface area (Å²) < 4.78 is 29.0. The molecule has 0 saturated carbocycles. The van der Waals surface area contributed by atoms with E-state index in [1.165, 1.54) is 24.3 Å². The fraction of sp³-hybridized carbons (Fsp3) is 0.0769. The van der Waals surface area contributed by atoms with Crippen molar-refractivity contribution in [2.75, 3.05) is 0 Å². The molecule has 0 aliphatic rings. The Morgan fingerprint density at radius 3 is 2.00 bits per heavy atom. The van der Waals surface area contributed by atoms with Gasteiger partial charge < -0.3 is 4.18 Å². The molecular formula is C13H14N4O7S. The van der Waals surface area contributed by atoms with Crippen molar-refractivity contribution in [3.8, 4) is 5.75 Å². The lowest BCUT2D eigenvalue weighted by molar-refractivity contribution is -0.422. The Balaban J connectivity index is 0.00000151. The number of aryl methyl sites for hydroxylation is 1. The molecule has 134 valence electrons. The van der Waals surface area contributed by atoms with Gasteiger partial charge in [0.2, 0.25) is 5.75 Å². The second kappa shape index (κ2) is 8.14.